The molecule has 1 aliphatic heterocycles. The predicted octanol–water partition coefficient (Wildman–Crippen LogP) is 1.96. The summed E-state index contributed by atoms with van der Waals surface area (Å²) in [5.74, 6) is 0.241. The van der Waals surface area contributed by atoms with Crippen molar-refractivity contribution in [3.8, 4) is 0 Å². The Bertz CT molecular complexity index is 535. The number of carbonyl (C=O) groups is 1. The molecule has 1 aromatic heterocycles. The van der Waals surface area contributed by atoms with E-state index in [1.807, 2.05) is 11.7 Å². The van der Waals surface area contributed by atoms with Crippen molar-refractivity contribution in [1.29, 1.82) is 0 Å². The number of hydrogen-bond donors (Lipinski definition) is 0. The van der Waals surface area contributed by atoms with Crippen LogP contribution in [0, 0.1) is 0 Å². The minimum Gasteiger partial charge on any atom is -0.338 e. The third-order valence-electron chi connectivity index (χ3n) is 5.00. The SMILES string of the molecule is CCc1nn(C)cc1CN1CCCC1CN(C(C)=O)C1CC1. The van der Waals surface area contributed by atoms with Crippen molar-refractivity contribution in [2.75, 3.05) is 13.1 Å². The lowest BCUT2D eigenvalue weighted by Crippen LogP contribution is -2.43. The molecule has 1 aliphatic carbocycles. The maximum Gasteiger partial charge on any atom is 0.219 e. The quantitative estimate of drug-likeness (QED) is 0.807. The van der Waals surface area contributed by atoms with Gasteiger partial charge in [0.2, 0.25) is 5.91 Å². The third kappa shape index (κ3) is 3.35. The second kappa shape index (κ2) is 6.41. The highest BCUT2D eigenvalue weighted by Crippen LogP contribution is 2.30. The fourth-order valence-electron chi connectivity index (χ4n) is 3.69. The Morgan fingerprint density at radius 1 is 1.41 bits per heavy atom. The van der Waals surface area contributed by atoms with Gasteiger partial charge in [-0.15, -0.1) is 0 Å². The molecule has 0 spiro atoms. The van der Waals surface area contributed by atoms with Crippen LogP contribution in [0.1, 0.15) is 50.8 Å². The molecule has 1 aromatic rings. The Kier molecular flexibility index (Phi) is 4.52. The van der Waals surface area contributed by atoms with E-state index in [0.717, 1.165) is 26.1 Å². The van der Waals surface area contributed by atoms with E-state index in [9.17, 15) is 4.79 Å². The maximum atomic E-state index is 11.9. The number of carbonyl (C=O) groups excluding carboxylic acids is 1. The summed E-state index contributed by atoms with van der Waals surface area (Å²) in [6.45, 7) is 6.89. The summed E-state index contributed by atoms with van der Waals surface area (Å²) in [4.78, 5) is 16.5. The molecule has 1 saturated heterocycles. The zero-order chi connectivity index (χ0) is 15.7. The summed E-state index contributed by atoms with van der Waals surface area (Å²) < 4.78 is 1.92. The average molecular weight is 304 g/mol. The minimum absolute atomic E-state index is 0.241. The number of amides is 1. The van der Waals surface area contributed by atoms with E-state index < -0.39 is 0 Å². The van der Waals surface area contributed by atoms with Gasteiger partial charge < -0.3 is 4.90 Å². The maximum absolute atomic E-state index is 11.9. The van der Waals surface area contributed by atoms with Crippen LogP contribution in [0.25, 0.3) is 0 Å². The van der Waals surface area contributed by atoms with Crippen LogP contribution in [0.5, 0.6) is 0 Å². The van der Waals surface area contributed by atoms with Crippen molar-refractivity contribution >= 4 is 5.91 Å². The first-order valence-corrected chi connectivity index (χ1v) is 8.61. The minimum atomic E-state index is 0.241. The van der Waals surface area contributed by atoms with Crippen molar-refractivity contribution in [3.63, 3.8) is 0 Å². The zero-order valence-electron chi connectivity index (χ0n) is 14.1. The van der Waals surface area contributed by atoms with Crippen LogP contribution < -0.4 is 0 Å². The van der Waals surface area contributed by atoms with Crippen molar-refractivity contribution in [1.82, 2.24) is 19.6 Å². The summed E-state index contributed by atoms with van der Waals surface area (Å²) in [5, 5.41) is 4.55. The summed E-state index contributed by atoms with van der Waals surface area (Å²) >= 11 is 0. The van der Waals surface area contributed by atoms with E-state index >= 15 is 0 Å². The van der Waals surface area contributed by atoms with E-state index in [1.165, 1.54) is 36.9 Å². The van der Waals surface area contributed by atoms with E-state index in [0.29, 0.717) is 12.1 Å². The average Bonchev–Trinajstić information content (AvgIpc) is 3.12. The van der Waals surface area contributed by atoms with Gasteiger partial charge in [0.15, 0.2) is 0 Å². The Morgan fingerprint density at radius 2 is 2.18 bits per heavy atom. The first-order valence-electron chi connectivity index (χ1n) is 8.61. The first-order chi connectivity index (χ1) is 10.6. The highest BCUT2D eigenvalue weighted by Gasteiger charge is 2.35. The Hall–Kier alpha value is -1.36. The molecular formula is C17H28N4O. The van der Waals surface area contributed by atoms with Gasteiger partial charge in [-0.05, 0) is 38.6 Å². The van der Waals surface area contributed by atoms with Crippen LogP contribution in [0.4, 0.5) is 0 Å². The number of rotatable bonds is 6. The normalized spacial score (nSPS) is 22.2. The lowest BCUT2D eigenvalue weighted by Gasteiger charge is -2.30. The molecule has 1 amide bonds. The molecule has 3 rings (SSSR count). The van der Waals surface area contributed by atoms with Gasteiger partial charge in [-0.2, -0.15) is 5.10 Å². The zero-order valence-corrected chi connectivity index (χ0v) is 14.1. The molecule has 1 saturated carbocycles. The van der Waals surface area contributed by atoms with Crippen LogP contribution in [0.15, 0.2) is 6.20 Å². The summed E-state index contributed by atoms with van der Waals surface area (Å²) in [6, 6.07) is 1.03. The fraction of sp³-hybridized carbons (Fsp3) is 0.765. The van der Waals surface area contributed by atoms with E-state index in [4.69, 9.17) is 0 Å². The molecular weight excluding hydrogens is 276 g/mol. The summed E-state index contributed by atoms with van der Waals surface area (Å²) in [6.07, 6.45) is 7.96. The van der Waals surface area contributed by atoms with Gasteiger partial charge in [0.05, 0.1) is 5.69 Å². The molecule has 122 valence electrons. The van der Waals surface area contributed by atoms with E-state index in [2.05, 4.69) is 28.0 Å². The lowest BCUT2D eigenvalue weighted by molar-refractivity contribution is -0.130. The largest absolute Gasteiger partial charge is 0.338 e. The summed E-state index contributed by atoms with van der Waals surface area (Å²) in [5.41, 5.74) is 2.55. The van der Waals surface area contributed by atoms with Gasteiger partial charge in [-0.25, -0.2) is 0 Å². The molecule has 22 heavy (non-hydrogen) atoms. The Morgan fingerprint density at radius 3 is 2.82 bits per heavy atom. The highest BCUT2D eigenvalue weighted by atomic mass is 16.2. The monoisotopic (exact) mass is 304 g/mol. The van der Waals surface area contributed by atoms with Crippen LogP contribution in [0.3, 0.4) is 0 Å². The molecule has 0 N–H and O–H groups in total. The van der Waals surface area contributed by atoms with Gasteiger partial charge in [0.1, 0.15) is 0 Å². The second-order valence-electron chi connectivity index (χ2n) is 6.80. The fourth-order valence-corrected chi connectivity index (χ4v) is 3.69. The molecule has 0 aromatic carbocycles. The number of likely N-dealkylation sites (tertiary alicyclic amines) is 1. The van der Waals surface area contributed by atoms with Crippen LogP contribution in [-0.2, 0) is 24.8 Å². The van der Waals surface area contributed by atoms with Gasteiger partial charge in [-0.1, -0.05) is 6.92 Å². The standard InChI is InChI=1S/C17H28N4O/c1-4-17-14(10-19(3)18-17)11-20-9-5-6-16(20)12-21(13(2)22)15-7-8-15/h10,15-16H,4-9,11-12H2,1-3H3. The molecule has 2 aliphatic rings. The predicted molar refractivity (Wildman–Crippen MR) is 86.4 cm³/mol. The lowest BCUT2D eigenvalue weighted by atomic mass is 10.1. The number of aryl methyl sites for hydroxylation is 2. The van der Waals surface area contributed by atoms with Crippen molar-refractivity contribution < 1.29 is 4.79 Å². The van der Waals surface area contributed by atoms with Crippen molar-refractivity contribution in [3.05, 3.63) is 17.5 Å². The van der Waals surface area contributed by atoms with Crippen LogP contribution >= 0.6 is 0 Å². The molecule has 1 atom stereocenters. The van der Waals surface area contributed by atoms with E-state index in [1.54, 1.807) is 6.92 Å². The molecule has 5 heteroatoms. The second-order valence-corrected chi connectivity index (χ2v) is 6.80. The van der Waals surface area contributed by atoms with Gasteiger partial charge in [0.25, 0.3) is 0 Å². The molecule has 2 fully saturated rings. The Labute approximate surface area is 133 Å². The smallest absolute Gasteiger partial charge is 0.219 e. The molecule has 2 heterocycles. The van der Waals surface area contributed by atoms with Crippen molar-refractivity contribution in [2.45, 2.75) is 64.6 Å². The van der Waals surface area contributed by atoms with Crippen LogP contribution in [0.2, 0.25) is 0 Å². The summed E-state index contributed by atoms with van der Waals surface area (Å²) in [7, 11) is 1.99. The van der Waals surface area contributed by atoms with Crippen molar-refractivity contribution in [2.24, 2.45) is 7.05 Å². The first kappa shape index (κ1) is 15.5. The Balaban J connectivity index is 1.66. The topological polar surface area (TPSA) is 41.4 Å². The highest BCUT2D eigenvalue weighted by molar-refractivity contribution is 5.74. The number of hydrogen-bond acceptors (Lipinski definition) is 3. The van der Waals surface area contributed by atoms with Gasteiger partial charge in [0, 0.05) is 50.9 Å². The number of aromatic nitrogens is 2. The molecule has 5 nitrogen and oxygen atoms in total. The molecule has 0 radical (unpaired) electrons. The van der Waals surface area contributed by atoms with Crippen LogP contribution in [-0.4, -0.2) is 50.7 Å². The third-order valence-corrected chi connectivity index (χ3v) is 5.00. The molecule has 0 bridgehead atoms. The number of nitrogens with zero attached hydrogens (tertiary/aromatic N) is 4. The van der Waals surface area contributed by atoms with Gasteiger partial charge in [-0.3, -0.25) is 14.4 Å². The molecule has 1 unspecified atom stereocenters. The van der Waals surface area contributed by atoms with Gasteiger partial charge >= 0.3 is 0 Å². The van der Waals surface area contributed by atoms with E-state index in [-0.39, 0.29) is 5.91 Å².